The number of anilines is 6. The molecule has 3 saturated heterocycles. The van der Waals surface area contributed by atoms with E-state index in [2.05, 4.69) is 97.0 Å². The molecule has 1 atom stereocenters. The van der Waals surface area contributed by atoms with Gasteiger partial charge in [0.15, 0.2) is 11.5 Å². The third-order valence-electron chi connectivity index (χ3n) is 11.3. The number of piperazine rings is 1. The Morgan fingerprint density at radius 3 is 2.38 bits per heavy atom. The van der Waals surface area contributed by atoms with E-state index in [9.17, 15) is 14.4 Å². The first kappa shape index (κ1) is 34.7. The molecule has 0 spiro atoms. The highest BCUT2D eigenvalue weighted by molar-refractivity contribution is 6.05. The zero-order valence-electron chi connectivity index (χ0n) is 31.2. The second-order valence-electron chi connectivity index (χ2n) is 15.1. The monoisotopic (exact) mass is 740 g/mol. The van der Waals surface area contributed by atoms with Gasteiger partial charge in [-0.1, -0.05) is 18.2 Å². The molecule has 0 radical (unpaired) electrons. The molecule has 4 aliphatic rings. The second kappa shape index (κ2) is 14.0. The first-order valence-corrected chi connectivity index (χ1v) is 18.9. The third kappa shape index (κ3) is 6.68. The van der Waals surface area contributed by atoms with Crippen LogP contribution in [-0.4, -0.2) is 104 Å². The molecule has 3 N–H and O–H groups in total. The summed E-state index contributed by atoms with van der Waals surface area (Å²) in [7, 11) is 1.89. The molecule has 3 amide bonds. The van der Waals surface area contributed by atoms with E-state index in [1.54, 1.807) is 9.58 Å². The normalized spacial score (nSPS) is 19.1. The van der Waals surface area contributed by atoms with Crippen molar-refractivity contribution in [2.75, 3.05) is 66.2 Å². The van der Waals surface area contributed by atoms with E-state index in [-0.39, 0.29) is 18.2 Å². The van der Waals surface area contributed by atoms with Gasteiger partial charge in [-0.25, -0.2) is 14.6 Å². The summed E-state index contributed by atoms with van der Waals surface area (Å²) in [6.07, 6.45) is 2.40. The first-order chi connectivity index (χ1) is 26.7. The summed E-state index contributed by atoms with van der Waals surface area (Å²) in [5.41, 5.74) is 7.46. The van der Waals surface area contributed by atoms with Gasteiger partial charge in [-0.3, -0.25) is 24.6 Å². The quantitative estimate of drug-likeness (QED) is 0.188. The maximum atomic E-state index is 13.0. The lowest BCUT2D eigenvalue weighted by Gasteiger charge is -2.44. The van der Waals surface area contributed by atoms with Crippen molar-refractivity contribution in [2.24, 2.45) is 13.0 Å². The van der Waals surface area contributed by atoms with Gasteiger partial charge in [0, 0.05) is 88.5 Å². The van der Waals surface area contributed by atoms with E-state index < -0.39 is 11.9 Å². The van der Waals surface area contributed by atoms with Crippen molar-refractivity contribution in [2.45, 2.75) is 39.3 Å². The van der Waals surface area contributed by atoms with Crippen LogP contribution in [0.3, 0.4) is 0 Å². The average molecular weight is 741 g/mol. The summed E-state index contributed by atoms with van der Waals surface area (Å²) in [5, 5.41) is 14.7. The summed E-state index contributed by atoms with van der Waals surface area (Å²) in [6, 6.07) is 17.8. The van der Waals surface area contributed by atoms with E-state index in [4.69, 9.17) is 9.97 Å². The molecular formula is C40H44N12O3. The number of benzene rings is 2. The summed E-state index contributed by atoms with van der Waals surface area (Å²) in [5.74, 6) is 1.79. The number of pyridine rings is 1. The van der Waals surface area contributed by atoms with Crippen LogP contribution in [0.15, 0.2) is 60.8 Å². The number of hydrogen-bond acceptors (Lipinski definition) is 12. The van der Waals surface area contributed by atoms with E-state index in [0.29, 0.717) is 36.1 Å². The fourth-order valence-electron chi connectivity index (χ4n) is 8.23. The van der Waals surface area contributed by atoms with Gasteiger partial charge in [0.2, 0.25) is 17.8 Å². The van der Waals surface area contributed by atoms with E-state index in [1.165, 1.54) is 5.69 Å². The Hall–Kier alpha value is -6.09. The van der Waals surface area contributed by atoms with Crippen LogP contribution >= 0.6 is 0 Å². The minimum absolute atomic E-state index is 0.193. The van der Waals surface area contributed by atoms with E-state index >= 15 is 0 Å². The molecule has 5 aromatic rings. The number of piperidine rings is 1. The number of amides is 3. The maximum Gasteiger partial charge on any atom is 0.256 e. The van der Waals surface area contributed by atoms with Crippen molar-refractivity contribution in [3.63, 3.8) is 0 Å². The van der Waals surface area contributed by atoms with Gasteiger partial charge in [0.05, 0.1) is 23.2 Å². The van der Waals surface area contributed by atoms with Gasteiger partial charge in [-0.15, -0.1) is 0 Å². The van der Waals surface area contributed by atoms with Gasteiger partial charge < -0.3 is 25.3 Å². The number of rotatable bonds is 9. The van der Waals surface area contributed by atoms with Crippen LogP contribution in [0.2, 0.25) is 0 Å². The lowest BCUT2D eigenvalue weighted by Crippen LogP contribution is -2.55. The minimum Gasteiger partial charge on any atom is -0.369 e. The molecule has 0 saturated carbocycles. The lowest BCUT2D eigenvalue weighted by molar-refractivity contribution is -0.136. The molecule has 7 heterocycles. The van der Waals surface area contributed by atoms with Crippen LogP contribution < -0.4 is 25.8 Å². The van der Waals surface area contributed by atoms with Gasteiger partial charge in [-0.05, 0) is 67.8 Å². The second-order valence-corrected chi connectivity index (χ2v) is 15.1. The van der Waals surface area contributed by atoms with Gasteiger partial charge in [0.25, 0.3) is 5.91 Å². The molecule has 0 bridgehead atoms. The number of aryl methyl sites for hydroxylation is 3. The van der Waals surface area contributed by atoms with Gasteiger partial charge in [-0.2, -0.15) is 10.1 Å². The van der Waals surface area contributed by atoms with Crippen LogP contribution in [-0.2, 0) is 23.2 Å². The van der Waals surface area contributed by atoms with Crippen molar-refractivity contribution < 1.29 is 14.4 Å². The van der Waals surface area contributed by atoms with Gasteiger partial charge >= 0.3 is 0 Å². The van der Waals surface area contributed by atoms with Crippen molar-refractivity contribution in [3.05, 3.63) is 83.2 Å². The number of fused-ring (bicyclic) bond motifs is 2. The van der Waals surface area contributed by atoms with E-state index in [0.717, 1.165) is 91.0 Å². The summed E-state index contributed by atoms with van der Waals surface area (Å²) < 4.78 is 1.78. The maximum absolute atomic E-state index is 13.0. The molecule has 1 unspecified atom stereocenters. The lowest BCUT2D eigenvalue weighted by atomic mass is 9.99. The van der Waals surface area contributed by atoms with Crippen LogP contribution in [0.4, 0.5) is 34.6 Å². The topological polar surface area (TPSA) is 157 Å². The molecule has 3 aromatic heterocycles. The standard InChI is InChI=1S/C40H44N12O3/c1-24-5-4-6-25(2)35(24)45-36-30-19-41-40(46-37(30)48(3)47-36)42-27-7-9-28(10-8-27)50-17-15-49(16-18-50)20-26-21-51(22-26)33-13-11-29-31(43-33)23-52(39(29)55)32-12-14-34(53)44-38(32)54/h4-11,13,19,26,32H,12,14-18,20-23H2,1-3H3,(H,45,47)(H,41,42,46)(H,44,53,54). The molecule has 55 heavy (non-hydrogen) atoms. The van der Waals surface area contributed by atoms with Crippen LogP contribution in [0.1, 0.15) is 40.0 Å². The van der Waals surface area contributed by atoms with Crippen LogP contribution in [0.25, 0.3) is 11.0 Å². The summed E-state index contributed by atoms with van der Waals surface area (Å²) in [4.78, 5) is 60.0. The van der Waals surface area contributed by atoms with E-state index in [1.807, 2.05) is 25.4 Å². The zero-order chi connectivity index (χ0) is 37.8. The molecule has 3 fully saturated rings. The number of nitrogens with zero attached hydrogens (tertiary/aromatic N) is 9. The minimum atomic E-state index is -0.630. The number of aromatic nitrogens is 5. The molecule has 0 aliphatic carbocycles. The first-order valence-electron chi connectivity index (χ1n) is 18.9. The molecular weight excluding hydrogens is 697 g/mol. The Morgan fingerprint density at radius 2 is 1.64 bits per heavy atom. The Morgan fingerprint density at radius 1 is 0.873 bits per heavy atom. The Labute approximate surface area is 318 Å². The molecule has 2 aromatic carbocycles. The van der Waals surface area contributed by atoms with Crippen LogP contribution in [0, 0.1) is 19.8 Å². The fraction of sp³-hybridized carbons (Fsp3) is 0.375. The Kier molecular flexibility index (Phi) is 8.80. The molecule has 15 heteroatoms. The third-order valence-corrected chi connectivity index (χ3v) is 11.3. The molecule has 282 valence electrons. The number of carbonyl (C=O) groups is 3. The highest BCUT2D eigenvalue weighted by Gasteiger charge is 2.40. The number of imide groups is 1. The summed E-state index contributed by atoms with van der Waals surface area (Å²) >= 11 is 0. The fourth-order valence-corrected chi connectivity index (χ4v) is 8.23. The summed E-state index contributed by atoms with van der Waals surface area (Å²) in [6.45, 7) is 11.3. The zero-order valence-corrected chi connectivity index (χ0v) is 31.2. The van der Waals surface area contributed by atoms with Crippen molar-refractivity contribution in [1.29, 1.82) is 0 Å². The highest BCUT2D eigenvalue weighted by atomic mass is 16.2. The average Bonchev–Trinajstić information content (AvgIpc) is 3.66. The Bertz CT molecular complexity index is 2290. The van der Waals surface area contributed by atoms with Crippen molar-refractivity contribution >= 4 is 63.4 Å². The number of nitrogens with one attached hydrogen (secondary N) is 3. The van der Waals surface area contributed by atoms with Gasteiger partial charge in [0.1, 0.15) is 11.9 Å². The molecule has 9 rings (SSSR count). The highest BCUT2D eigenvalue weighted by Crippen LogP contribution is 2.32. The van der Waals surface area contributed by atoms with Crippen molar-refractivity contribution in [1.82, 2.24) is 39.8 Å². The SMILES string of the molecule is Cc1cccc(C)c1Nc1nn(C)c2nc(Nc3ccc(N4CCN(CC5CN(c6ccc7c(n6)CN(C6CCC(=O)NC6=O)C7=O)C5)CC4)cc3)ncc12. The smallest absolute Gasteiger partial charge is 0.256 e. The predicted octanol–water partition coefficient (Wildman–Crippen LogP) is 3.88. The van der Waals surface area contributed by atoms with Crippen molar-refractivity contribution in [3.8, 4) is 0 Å². The van der Waals surface area contributed by atoms with Crippen LogP contribution in [0.5, 0.6) is 0 Å². The predicted molar refractivity (Wildman–Crippen MR) is 210 cm³/mol. The number of para-hydroxylation sites is 1. The molecule has 4 aliphatic heterocycles. The largest absolute Gasteiger partial charge is 0.369 e. The number of hydrogen-bond donors (Lipinski definition) is 3. The molecule has 15 nitrogen and oxygen atoms in total. The number of carbonyl (C=O) groups excluding carboxylic acids is 3. The Balaban J connectivity index is 0.746.